The van der Waals surface area contributed by atoms with E-state index in [1.54, 1.807) is 0 Å². The maximum Gasteiger partial charge on any atom is 0.128 e. The molecule has 0 aliphatic carbocycles. The van der Waals surface area contributed by atoms with Crippen LogP contribution in [0.2, 0.25) is 0 Å². The minimum atomic E-state index is 0.176. The first-order valence-electron chi connectivity index (χ1n) is 7.95. The van der Waals surface area contributed by atoms with Crippen LogP contribution >= 0.6 is 0 Å². The summed E-state index contributed by atoms with van der Waals surface area (Å²) in [6.07, 6.45) is 7.75. The highest BCUT2D eigenvalue weighted by molar-refractivity contribution is 5.02. The monoisotopic (exact) mass is 301 g/mol. The van der Waals surface area contributed by atoms with Gasteiger partial charge in [0.05, 0.1) is 18.3 Å². The van der Waals surface area contributed by atoms with Gasteiger partial charge in [0.1, 0.15) is 5.82 Å². The van der Waals surface area contributed by atoms with Crippen molar-refractivity contribution < 1.29 is 4.74 Å². The van der Waals surface area contributed by atoms with E-state index in [4.69, 9.17) is 4.74 Å². The first kappa shape index (κ1) is 15.1. The van der Waals surface area contributed by atoms with Gasteiger partial charge >= 0.3 is 0 Å². The Morgan fingerprint density at radius 3 is 3.14 bits per heavy atom. The van der Waals surface area contributed by atoms with E-state index in [-0.39, 0.29) is 6.10 Å². The maximum absolute atomic E-state index is 5.95. The summed E-state index contributed by atoms with van der Waals surface area (Å²) < 4.78 is 7.89. The molecule has 0 amide bonds. The van der Waals surface area contributed by atoms with E-state index in [1.165, 1.54) is 0 Å². The Hall–Kier alpha value is -1.79. The Bertz CT molecular complexity index is 572. The van der Waals surface area contributed by atoms with Crippen LogP contribution in [-0.4, -0.2) is 50.4 Å². The van der Waals surface area contributed by atoms with Crippen molar-refractivity contribution in [3.63, 3.8) is 0 Å². The quantitative estimate of drug-likeness (QED) is 0.838. The zero-order valence-electron chi connectivity index (χ0n) is 13.1. The third-order valence-electron chi connectivity index (χ3n) is 3.85. The number of hydrogen-bond acceptors (Lipinski definition) is 5. The second-order valence-corrected chi connectivity index (χ2v) is 5.63. The fourth-order valence-electron chi connectivity index (χ4n) is 2.77. The van der Waals surface area contributed by atoms with Crippen molar-refractivity contribution in [2.24, 2.45) is 0 Å². The molecule has 1 atom stereocenters. The average Bonchev–Trinajstić information content (AvgIpc) is 2.94. The third kappa shape index (κ3) is 4.11. The molecule has 0 N–H and O–H groups in total. The van der Waals surface area contributed by atoms with E-state index in [0.29, 0.717) is 0 Å². The Labute approximate surface area is 131 Å². The second kappa shape index (κ2) is 7.47. The summed E-state index contributed by atoms with van der Waals surface area (Å²) in [4.78, 5) is 11.3. The summed E-state index contributed by atoms with van der Waals surface area (Å²) in [6, 6.07) is 3.95. The van der Waals surface area contributed by atoms with Crippen LogP contribution in [0.25, 0.3) is 0 Å². The van der Waals surface area contributed by atoms with Crippen molar-refractivity contribution in [1.29, 1.82) is 0 Å². The van der Waals surface area contributed by atoms with E-state index in [0.717, 1.165) is 57.1 Å². The molecule has 0 spiro atoms. The van der Waals surface area contributed by atoms with Crippen molar-refractivity contribution in [2.75, 3.05) is 19.7 Å². The van der Waals surface area contributed by atoms with Crippen molar-refractivity contribution in [3.8, 4) is 0 Å². The molecule has 1 fully saturated rings. The molecule has 3 rings (SSSR count). The van der Waals surface area contributed by atoms with Gasteiger partial charge in [-0.3, -0.25) is 9.58 Å². The predicted molar refractivity (Wildman–Crippen MR) is 83.3 cm³/mol. The Morgan fingerprint density at radius 1 is 1.36 bits per heavy atom. The molecule has 0 saturated carbocycles. The van der Waals surface area contributed by atoms with Crippen LogP contribution in [0.1, 0.15) is 24.9 Å². The topological polar surface area (TPSA) is 56.1 Å². The van der Waals surface area contributed by atoms with Gasteiger partial charge in [-0.15, -0.1) is 0 Å². The lowest BCUT2D eigenvalue weighted by Gasteiger charge is -2.23. The van der Waals surface area contributed by atoms with Crippen LogP contribution in [0.3, 0.4) is 0 Å². The average molecular weight is 301 g/mol. The molecule has 1 aliphatic rings. The zero-order chi connectivity index (χ0) is 15.2. The Kier molecular flexibility index (Phi) is 5.13. The number of aromatic nitrogens is 4. The Balaban J connectivity index is 1.62. The van der Waals surface area contributed by atoms with Crippen molar-refractivity contribution in [3.05, 3.63) is 42.2 Å². The number of rotatable bonds is 5. The minimum Gasteiger partial charge on any atom is -0.375 e. The summed E-state index contributed by atoms with van der Waals surface area (Å²) in [5.41, 5.74) is 1.09. The lowest BCUT2D eigenvalue weighted by molar-refractivity contribution is 0.0390. The predicted octanol–water partition coefficient (Wildman–Crippen LogP) is 1.53. The molecule has 1 aliphatic heterocycles. The number of ether oxygens (including phenoxy) is 1. The Morgan fingerprint density at radius 2 is 2.32 bits per heavy atom. The largest absolute Gasteiger partial charge is 0.375 e. The van der Waals surface area contributed by atoms with Crippen molar-refractivity contribution >= 4 is 0 Å². The molecule has 1 unspecified atom stereocenters. The van der Waals surface area contributed by atoms with Crippen LogP contribution < -0.4 is 0 Å². The minimum absolute atomic E-state index is 0.176. The number of nitrogens with zero attached hydrogens (tertiary/aromatic N) is 5. The lowest BCUT2D eigenvalue weighted by atomic mass is 10.2. The molecule has 118 valence electrons. The summed E-state index contributed by atoms with van der Waals surface area (Å²) in [7, 11) is 0. The lowest BCUT2D eigenvalue weighted by Crippen LogP contribution is -2.34. The standard InChI is InChI=1S/C16H23N5O/c1-2-16-17-7-5-14(19-16)11-20-8-4-10-22-15(12-20)13-21-9-3-6-18-21/h3,5-7,9,15H,2,4,8,10-13H2,1H3. The van der Waals surface area contributed by atoms with Gasteiger partial charge in [-0.2, -0.15) is 5.10 Å². The van der Waals surface area contributed by atoms with Gasteiger partial charge in [-0.1, -0.05) is 6.92 Å². The highest BCUT2D eigenvalue weighted by Gasteiger charge is 2.20. The van der Waals surface area contributed by atoms with Crippen LogP contribution in [0, 0.1) is 0 Å². The first-order chi connectivity index (χ1) is 10.8. The summed E-state index contributed by atoms with van der Waals surface area (Å²) in [6.45, 7) is 6.50. The van der Waals surface area contributed by atoms with Crippen LogP contribution in [0.15, 0.2) is 30.7 Å². The molecule has 6 nitrogen and oxygen atoms in total. The van der Waals surface area contributed by atoms with Crippen LogP contribution in [0.5, 0.6) is 0 Å². The fraction of sp³-hybridized carbons (Fsp3) is 0.562. The van der Waals surface area contributed by atoms with Crippen LogP contribution in [0.4, 0.5) is 0 Å². The highest BCUT2D eigenvalue weighted by Crippen LogP contribution is 2.11. The molecule has 0 radical (unpaired) electrons. The molecule has 1 saturated heterocycles. The second-order valence-electron chi connectivity index (χ2n) is 5.63. The van der Waals surface area contributed by atoms with Crippen molar-refractivity contribution in [2.45, 2.75) is 39.0 Å². The highest BCUT2D eigenvalue weighted by atomic mass is 16.5. The summed E-state index contributed by atoms with van der Waals surface area (Å²) in [5.74, 6) is 0.914. The number of aryl methyl sites for hydroxylation is 1. The van der Waals surface area contributed by atoms with Crippen molar-refractivity contribution in [1.82, 2.24) is 24.6 Å². The van der Waals surface area contributed by atoms with Gasteiger partial charge in [0.2, 0.25) is 0 Å². The first-order valence-corrected chi connectivity index (χ1v) is 7.95. The molecule has 2 aromatic rings. The van der Waals surface area contributed by atoms with E-state index in [2.05, 4.69) is 26.9 Å². The smallest absolute Gasteiger partial charge is 0.128 e. The molecule has 0 aromatic carbocycles. The van der Waals surface area contributed by atoms with E-state index in [1.807, 2.05) is 35.4 Å². The summed E-state index contributed by atoms with van der Waals surface area (Å²) in [5, 5.41) is 4.27. The number of hydrogen-bond donors (Lipinski definition) is 0. The van der Waals surface area contributed by atoms with E-state index in [9.17, 15) is 0 Å². The van der Waals surface area contributed by atoms with Gasteiger partial charge in [-0.25, -0.2) is 9.97 Å². The molecule has 2 aromatic heterocycles. The molecule has 22 heavy (non-hydrogen) atoms. The van der Waals surface area contributed by atoms with E-state index >= 15 is 0 Å². The SMILES string of the molecule is CCc1nccc(CN2CCCOC(Cn3cccn3)C2)n1. The maximum atomic E-state index is 5.95. The van der Waals surface area contributed by atoms with Gasteiger partial charge in [-0.05, 0) is 18.6 Å². The van der Waals surface area contributed by atoms with E-state index < -0.39 is 0 Å². The molecular weight excluding hydrogens is 278 g/mol. The van der Waals surface area contributed by atoms with Gasteiger partial charge < -0.3 is 4.74 Å². The molecule has 3 heterocycles. The van der Waals surface area contributed by atoms with Gasteiger partial charge in [0, 0.05) is 51.3 Å². The van der Waals surface area contributed by atoms with Crippen LogP contribution in [-0.2, 0) is 24.2 Å². The molecular formula is C16H23N5O. The third-order valence-corrected chi connectivity index (χ3v) is 3.85. The zero-order valence-corrected chi connectivity index (χ0v) is 13.1. The van der Waals surface area contributed by atoms with Gasteiger partial charge in [0.25, 0.3) is 0 Å². The normalized spacial score (nSPS) is 20.0. The molecule has 6 heteroatoms. The van der Waals surface area contributed by atoms with Gasteiger partial charge in [0.15, 0.2) is 0 Å². The molecule has 0 bridgehead atoms. The summed E-state index contributed by atoms with van der Waals surface area (Å²) >= 11 is 0. The fourth-order valence-corrected chi connectivity index (χ4v) is 2.77.